The molecule has 0 saturated carbocycles. The lowest BCUT2D eigenvalue weighted by molar-refractivity contribution is 0.302. The van der Waals surface area contributed by atoms with Gasteiger partial charge in [0, 0.05) is 11.9 Å². The number of benzene rings is 2. The average molecular weight is 287 g/mol. The zero-order valence-corrected chi connectivity index (χ0v) is 11.7. The van der Waals surface area contributed by atoms with Crippen LogP contribution in [0.1, 0.15) is 11.3 Å². The molecule has 0 spiro atoms. The van der Waals surface area contributed by atoms with E-state index in [1.165, 1.54) is 0 Å². The van der Waals surface area contributed by atoms with Crippen LogP contribution in [0.15, 0.2) is 48.5 Å². The monoisotopic (exact) mass is 286 g/mol. The van der Waals surface area contributed by atoms with Crippen LogP contribution in [0.25, 0.3) is 10.9 Å². The predicted molar refractivity (Wildman–Crippen MR) is 82.0 cm³/mol. The minimum atomic E-state index is 0.447. The first-order valence-electron chi connectivity index (χ1n) is 6.45. The van der Waals surface area contributed by atoms with Crippen molar-refractivity contribution in [2.24, 2.45) is 5.73 Å². The molecule has 0 bridgehead atoms. The number of aromatic amines is 1. The Morgan fingerprint density at radius 3 is 2.75 bits per heavy atom. The van der Waals surface area contributed by atoms with E-state index in [1.807, 2.05) is 36.4 Å². The Labute approximate surface area is 122 Å². The van der Waals surface area contributed by atoms with Crippen molar-refractivity contribution in [3.8, 4) is 5.75 Å². The topological polar surface area (TPSA) is 51.0 Å². The number of ether oxygens (including phenoxy) is 1. The van der Waals surface area contributed by atoms with Crippen molar-refractivity contribution < 1.29 is 4.74 Å². The van der Waals surface area contributed by atoms with Crippen molar-refractivity contribution >= 4 is 22.5 Å². The number of para-hydroxylation sites is 2. The van der Waals surface area contributed by atoms with E-state index in [0.29, 0.717) is 23.9 Å². The second-order valence-corrected chi connectivity index (χ2v) is 5.01. The molecule has 0 fully saturated rings. The van der Waals surface area contributed by atoms with Gasteiger partial charge in [0.15, 0.2) is 0 Å². The number of aromatic nitrogens is 1. The molecule has 0 unspecified atom stereocenters. The summed E-state index contributed by atoms with van der Waals surface area (Å²) < 4.78 is 5.73. The molecule has 4 heteroatoms. The second kappa shape index (κ2) is 5.57. The molecule has 2 aromatic carbocycles. The number of halogens is 1. The molecule has 20 heavy (non-hydrogen) atoms. The van der Waals surface area contributed by atoms with E-state index in [0.717, 1.165) is 22.2 Å². The Morgan fingerprint density at radius 1 is 1.10 bits per heavy atom. The largest absolute Gasteiger partial charge is 0.486 e. The van der Waals surface area contributed by atoms with E-state index in [4.69, 9.17) is 22.1 Å². The maximum atomic E-state index is 6.07. The molecule has 3 rings (SSSR count). The van der Waals surface area contributed by atoms with Gasteiger partial charge in [-0.3, -0.25) is 0 Å². The summed E-state index contributed by atoms with van der Waals surface area (Å²) in [5.74, 6) is 0.687. The lowest BCUT2D eigenvalue weighted by Gasteiger charge is -2.06. The minimum Gasteiger partial charge on any atom is -0.486 e. The summed E-state index contributed by atoms with van der Waals surface area (Å²) in [6.07, 6.45) is 0. The maximum absolute atomic E-state index is 6.07. The fourth-order valence-corrected chi connectivity index (χ4v) is 2.43. The Bertz CT molecular complexity index is 736. The first-order chi connectivity index (χ1) is 9.78. The van der Waals surface area contributed by atoms with Crippen molar-refractivity contribution in [3.05, 3.63) is 64.8 Å². The summed E-state index contributed by atoms with van der Waals surface area (Å²) in [5, 5.41) is 1.76. The van der Waals surface area contributed by atoms with Gasteiger partial charge >= 0.3 is 0 Å². The summed E-state index contributed by atoms with van der Waals surface area (Å²) in [7, 11) is 0. The molecule has 0 radical (unpaired) electrons. The van der Waals surface area contributed by atoms with Crippen LogP contribution in [0, 0.1) is 0 Å². The molecule has 0 atom stereocenters. The summed E-state index contributed by atoms with van der Waals surface area (Å²) >= 11 is 6.07. The van der Waals surface area contributed by atoms with Gasteiger partial charge in [-0.2, -0.15) is 0 Å². The SMILES string of the molecule is NCc1cccc2cc(COc3ccccc3Cl)[nH]c12. The lowest BCUT2D eigenvalue weighted by atomic mass is 10.1. The summed E-state index contributed by atoms with van der Waals surface area (Å²) in [6, 6.07) is 15.6. The van der Waals surface area contributed by atoms with Crippen molar-refractivity contribution in [2.75, 3.05) is 0 Å². The van der Waals surface area contributed by atoms with Crippen LogP contribution >= 0.6 is 11.6 Å². The van der Waals surface area contributed by atoms with Crippen LogP contribution in [0.5, 0.6) is 5.75 Å². The number of nitrogens with two attached hydrogens (primary N) is 1. The number of hydrogen-bond donors (Lipinski definition) is 2. The molecule has 0 amide bonds. The molecule has 1 heterocycles. The molecule has 3 nitrogen and oxygen atoms in total. The van der Waals surface area contributed by atoms with Crippen LogP contribution in [-0.4, -0.2) is 4.98 Å². The lowest BCUT2D eigenvalue weighted by Crippen LogP contribution is -1.98. The van der Waals surface area contributed by atoms with Gasteiger partial charge in [0.2, 0.25) is 0 Å². The molecule has 0 aliphatic rings. The highest BCUT2D eigenvalue weighted by Gasteiger charge is 2.06. The van der Waals surface area contributed by atoms with E-state index < -0.39 is 0 Å². The quantitative estimate of drug-likeness (QED) is 0.765. The molecule has 0 saturated heterocycles. The highest BCUT2D eigenvalue weighted by atomic mass is 35.5. The van der Waals surface area contributed by atoms with Crippen LogP contribution in [0.2, 0.25) is 5.02 Å². The maximum Gasteiger partial charge on any atom is 0.138 e. The van der Waals surface area contributed by atoms with E-state index in [2.05, 4.69) is 17.1 Å². The van der Waals surface area contributed by atoms with Gasteiger partial charge in [-0.05, 0) is 23.8 Å². The van der Waals surface area contributed by atoms with Gasteiger partial charge in [0.25, 0.3) is 0 Å². The third-order valence-electron chi connectivity index (χ3n) is 3.24. The van der Waals surface area contributed by atoms with Gasteiger partial charge in [0.1, 0.15) is 12.4 Å². The molecule has 1 aromatic heterocycles. The van der Waals surface area contributed by atoms with Crippen molar-refractivity contribution in [1.29, 1.82) is 0 Å². The van der Waals surface area contributed by atoms with E-state index in [-0.39, 0.29) is 0 Å². The second-order valence-electron chi connectivity index (χ2n) is 4.60. The number of rotatable bonds is 4. The van der Waals surface area contributed by atoms with Crippen LogP contribution in [0.3, 0.4) is 0 Å². The Morgan fingerprint density at radius 2 is 1.95 bits per heavy atom. The third kappa shape index (κ3) is 2.50. The average Bonchev–Trinajstić information content (AvgIpc) is 2.89. The Kier molecular flexibility index (Phi) is 3.63. The molecule has 3 aromatic rings. The number of nitrogens with one attached hydrogen (secondary N) is 1. The van der Waals surface area contributed by atoms with Crippen molar-refractivity contribution in [1.82, 2.24) is 4.98 Å². The van der Waals surface area contributed by atoms with Crippen molar-refractivity contribution in [3.63, 3.8) is 0 Å². The summed E-state index contributed by atoms with van der Waals surface area (Å²) in [5.41, 5.74) is 8.92. The summed E-state index contributed by atoms with van der Waals surface area (Å²) in [4.78, 5) is 3.36. The van der Waals surface area contributed by atoms with Gasteiger partial charge < -0.3 is 15.5 Å². The fraction of sp³-hybridized carbons (Fsp3) is 0.125. The van der Waals surface area contributed by atoms with Crippen LogP contribution in [-0.2, 0) is 13.2 Å². The van der Waals surface area contributed by atoms with E-state index in [1.54, 1.807) is 0 Å². The molecular formula is C16H15ClN2O. The summed E-state index contributed by atoms with van der Waals surface area (Å²) in [6.45, 7) is 0.963. The molecule has 102 valence electrons. The Hall–Kier alpha value is -1.97. The zero-order valence-electron chi connectivity index (χ0n) is 10.9. The number of hydrogen-bond acceptors (Lipinski definition) is 2. The molecule has 3 N–H and O–H groups in total. The predicted octanol–water partition coefficient (Wildman–Crippen LogP) is 3.86. The molecule has 0 aliphatic heterocycles. The highest BCUT2D eigenvalue weighted by molar-refractivity contribution is 6.32. The molecular weight excluding hydrogens is 272 g/mol. The van der Waals surface area contributed by atoms with Gasteiger partial charge in [0.05, 0.1) is 16.2 Å². The van der Waals surface area contributed by atoms with Crippen LogP contribution in [0.4, 0.5) is 0 Å². The van der Waals surface area contributed by atoms with Gasteiger partial charge in [-0.15, -0.1) is 0 Å². The standard InChI is InChI=1S/C16H15ClN2O/c17-14-6-1-2-7-15(14)20-10-13-8-11-4-3-5-12(9-18)16(11)19-13/h1-8,19H,9-10,18H2. The first-order valence-corrected chi connectivity index (χ1v) is 6.82. The smallest absolute Gasteiger partial charge is 0.138 e. The van der Waals surface area contributed by atoms with Crippen molar-refractivity contribution in [2.45, 2.75) is 13.2 Å². The third-order valence-corrected chi connectivity index (χ3v) is 3.55. The minimum absolute atomic E-state index is 0.447. The Balaban J connectivity index is 1.83. The van der Waals surface area contributed by atoms with Gasteiger partial charge in [-0.25, -0.2) is 0 Å². The fourth-order valence-electron chi connectivity index (χ4n) is 2.24. The van der Waals surface area contributed by atoms with E-state index in [9.17, 15) is 0 Å². The normalized spacial score (nSPS) is 10.9. The molecule has 0 aliphatic carbocycles. The van der Waals surface area contributed by atoms with Crippen LogP contribution < -0.4 is 10.5 Å². The van der Waals surface area contributed by atoms with E-state index >= 15 is 0 Å². The highest BCUT2D eigenvalue weighted by Crippen LogP contribution is 2.25. The first kappa shape index (κ1) is 13.0. The zero-order chi connectivity index (χ0) is 13.9. The van der Waals surface area contributed by atoms with Gasteiger partial charge in [-0.1, -0.05) is 41.9 Å². The number of H-pyrrole nitrogens is 1. The number of fused-ring (bicyclic) bond motifs is 1.